The lowest BCUT2D eigenvalue weighted by Crippen LogP contribution is -2.46. The van der Waals surface area contributed by atoms with E-state index in [-0.39, 0.29) is 0 Å². The Morgan fingerprint density at radius 2 is 1.22 bits per heavy atom. The van der Waals surface area contributed by atoms with Gasteiger partial charge in [-0.05, 0) is 38.5 Å². The Hall–Kier alpha value is -0.600. The fourth-order valence-corrected chi connectivity index (χ4v) is 4.56. The van der Waals surface area contributed by atoms with Gasteiger partial charge in [-0.2, -0.15) is 0 Å². The Balaban J connectivity index is 1.39. The molecule has 4 aliphatic heterocycles. The fourth-order valence-electron chi connectivity index (χ4n) is 4.56. The molecular formula is C16H24N2. The normalized spacial score (nSPS) is 42.9. The molecule has 0 radical (unpaired) electrons. The summed E-state index contributed by atoms with van der Waals surface area (Å²) in [6.07, 6.45) is 17.9. The maximum Gasteiger partial charge on any atom is 0.0282 e. The van der Waals surface area contributed by atoms with Crippen LogP contribution in [0.1, 0.15) is 38.5 Å². The van der Waals surface area contributed by atoms with Gasteiger partial charge in [0.1, 0.15) is 0 Å². The average molecular weight is 244 g/mol. The van der Waals surface area contributed by atoms with E-state index in [0.717, 1.165) is 24.2 Å². The van der Waals surface area contributed by atoms with Crippen molar-refractivity contribution < 1.29 is 0 Å². The van der Waals surface area contributed by atoms with Crippen molar-refractivity contribution in [2.75, 3.05) is 13.1 Å². The molecule has 2 heteroatoms. The highest BCUT2D eigenvalue weighted by Crippen LogP contribution is 2.34. The molecule has 98 valence electrons. The first-order chi connectivity index (χ1) is 8.92. The molecule has 4 atom stereocenters. The van der Waals surface area contributed by atoms with Crippen LogP contribution >= 0.6 is 0 Å². The van der Waals surface area contributed by atoms with Crippen LogP contribution in [0.5, 0.6) is 0 Å². The highest BCUT2D eigenvalue weighted by molar-refractivity contribution is 5.10. The molecule has 4 bridgehead atoms. The third-order valence-corrected chi connectivity index (χ3v) is 5.53. The zero-order valence-electron chi connectivity index (χ0n) is 11.2. The van der Waals surface area contributed by atoms with Gasteiger partial charge in [0.15, 0.2) is 0 Å². The second-order valence-electron chi connectivity index (χ2n) is 6.40. The molecule has 4 heterocycles. The molecule has 2 saturated heterocycles. The molecule has 2 fully saturated rings. The molecule has 18 heavy (non-hydrogen) atoms. The Bertz CT molecular complexity index is 337. The van der Waals surface area contributed by atoms with Gasteiger partial charge in [0.2, 0.25) is 0 Å². The minimum absolute atomic E-state index is 0.765. The van der Waals surface area contributed by atoms with E-state index >= 15 is 0 Å². The molecule has 0 amide bonds. The molecule has 4 rings (SSSR count). The van der Waals surface area contributed by atoms with Crippen molar-refractivity contribution in [3.63, 3.8) is 0 Å². The van der Waals surface area contributed by atoms with Gasteiger partial charge >= 0.3 is 0 Å². The third kappa shape index (κ3) is 1.78. The van der Waals surface area contributed by atoms with Crippen molar-refractivity contribution in [1.29, 1.82) is 0 Å². The molecule has 0 spiro atoms. The van der Waals surface area contributed by atoms with E-state index in [4.69, 9.17) is 0 Å². The number of hydrogen-bond acceptors (Lipinski definition) is 2. The Morgan fingerprint density at radius 1 is 0.722 bits per heavy atom. The minimum atomic E-state index is 0.765. The summed E-state index contributed by atoms with van der Waals surface area (Å²) in [6.45, 7) is 2.58. The maximum absolute atomic E-state index is 2.78. The van der Waals surface area contributed by atoms with E-state index in [1.165, 1.54) is 51.6 Å². The van der Waals surface area contributed by atoms with Crippen LogP contribution in [-0.2, 0) is 0 Å². The maximum atomic E-state index is 2.78. The fraction of sp³-hybridized carbons (Fsp3) is 0.750. The predicted octanol–water partition coefficient (Wildman–Crippen LogP) is 2.57. The van der Waals surface area contributed by atoms with Gasteiger partial charge in [-0.3, -0.25) is 9.80 Å². The van der Waals surface area contributed by atoms with Gasteiger partial charge in [-0.25, -0.2) is 0 Å². The Labute approximate surface area is 110 Å². The van der Waals surface area contributed by atoms with E-state index < -0.39 is 0 Å². The van der Waals surface area contributed by atoms with Gasteiger partial charge in [0.25, 0.3) is 0 Å². The quantitative estimate of drug-likeness (QED) is 0.704. The summed E-state index contributed by atoms with van der Waals surface area (Å²) < 4.78 is 0. The van der Waals surface area contributed by atoms with Crippen molar-refractivity contribution in [2.45, 2.75) is 62.7 Å². The number of hydrogen-bond donors (Lipinski definition) is 0. The van der Waals surface area contributed by atoms with Crippen LogP contribution in [0.4, 0.5) is 0 Å². The Morgan fingerprint density at radius 3 is 1.67 bits per heavy atom. The molecule has 2 nitrogen and oxygen atoms in total. The van der Waals surface area contributed by atoms with Crippen LogP contribution in [0.3, 0.4) is 0 Å². The van der Waals surface area contributed by atoms with Crippen molar-refractivity contribution in [3.8, 4) is 0 Å². The van der Waals surface area contributed by atoms with Crippen molar-refractivity contribution in [2.24, 2.45) is 0 Å². The van der Waals surface area contributed by atoms with Gasteiger partial charge in [0, 0.05) is 37.3 Å². The summed E-state index contributed by atoms with van der Waals surface area (Å²) in [6, 6.07) is 3.25. The molecule has 0 N–H and O–H groups in total. The van der Waals surface area contributed by atoms with Crippen molar-refractivity contribution in [1.82, 2.24) is 9.80 Å². The van der Waals surface area contributed by atoms with E-state index in [9.17, 15) is 0 Å². The predicted molar refractivity (Wildman–Crippen MR) is 74.5 cm³/mol. The first kappa shape index (κ1) is 11.2. The highest BCUT2D eigenvalue weighted by Gasteiger charge is 2.37. The van der Waals surface area contributed by atoms with E-state index in [1.54, 1.807) is 0 Å². The second-order valence-corrected chi connectivity index (χ2v) is 6.40. The second kappa shape index (κ2) is 4.50. The van der Waals surface area contributed by atoms with Gasteiger partial charge in [-0.15, -0.1) is 0 Å². The molecule has 4 aliphatic rings. The molecule has 0 saturated carbocycles. The zero-order chi connectivity index (χ0) is 11.9. The van der Waals surface area contributed by atoms with Crippen LogP contribution in [0, 0.1) is 0 Å². The first-order valence-corrected chi connectivity index (χ1v) is 7.76. The molecule has 0 aromatic rings. The van der Waals surface area contributed by atoms with Gasteiger partial charge in [-0.1, -0.05) is 24.3 Å². The molecule has 0 aromatic carbocycles. The van der Waals surface area contributed by atoms with Crippen LogP contribution in [0.25, 0.3) is 0 Å². The Kier molecular flexibility index (Phi) is 2.81. The SMILES string of the molecule is C1=C[C@@H]2CC[C@H](C1)N2CCN1[C@H]2CC=C[C@@H]1CC2. The third-order valence-electron chi connectivity index (χ3n) is 5.53. The van der Waals surface area contributed by atoms with Crippen LogP contribution in [0.15, 0.2) is 24.3 Å². The number of fused-ring (bicyclic) bond motifs is 4. The number of rotatable bonds is 3. The van der Waals surface area contributed by atoms with Crippen LogP contribution < -0.4 is 0 Å². The zero-order valence-corrected chi connectivity index (χ0v) is 11.2. The molecular weight excluding hydrogens is 220 g/mol. The van der Waals surface area contributed by atoms with Crippen molar-refractivity contribution >= 4 is 0 Å². The summed E-state index contributed by atoms with van der Waals surface area (Å²) in [5, 5.41) is 0. The average Bonchev–Trinajstić information content (AvgIpc) is 2.74. The summed E-state index contributed by atoms with van der Waals surface area (Å²) in [5.41, 5.74) is 0. The molecule has 0 unspecified atom stereocenters. The smallest absolute Gasteiger partial charge is 0.0282 e. The van der Waals surface area contributed by atoms with E-state index in [2.05, 4.69) is 34.1 Å². The summed E-state index contributed by atoms with van der Waals surface area (Å²) in [7, 11) is 0. The van der Waals surface area contributed by atoms with Crippen molar-refractivity contribution in [3.05, 3.63) is 24.3 Å². The topological polar surface area (TPSA) is 6.48 Å². The standard InChI is InChI=1S/C16H24N2/c1-3-13-7-8-14(4-1)17(13)11-12-18-15-5-2-6-16(18)10-9-15/h1-3,5,13-16H,4,6-12H2/t13-,14+,15-,16+/m1/s1. The van der Waals surface area contributed by atoms with E-state index in [0.29, 0.717) is 0 Å². The van der Waals surface area contributed by atoms with Crippen LogP contribution in [-0.4, -0.2) is 47.1 Å². The van der Waals surface area contributed by atoms with Gasteiger partial charge in [0.05, 0.1) is 0 Å². The number of nitrogens with zero attached hydrogens (tertiary/aromatic N) is 2. The summed E-state index contributed by atoms with van der Waals surface area (Å²) in [5.74, 6) is 0. The lowest BCUT2D eigenvalue weighted by molar-refractivity contribution is 0.142. The molecule has 0 aliphatic carbocycles. The summed E-state index contributed by atoms with van der Waals surface area (Å²) in [4.78, 5) is 5.55. The van der Waals surface area contributed by atoms with E-state index in [1.807, 2.05) is 0 Å². The highest BCUT2D eigenvalue weighted by atomic mass is 15.3. The van der Waals surface area contributed by atoms with Crippen LogP contribution in [0.2, 0.25) is 0 Å². The summed E-state index contributed by atoms with van der Waals surface area (Å²) >= 11 is 0. The lowest BCUT2D eigenvalue weighted by Gasteiger charge is -2.36. The molecule has 0 aromatic heterocycles. The monoisotopic (exact) mass is 244 g/mol. The lowest BCUT2D eigenvalue weighted by atomic mass is 10.1. The first-order valence-electron chi connectivity index (χ1n) is 7.76. The van der Waals surface area contributed by atoms with Gasteiger partial charge < -0.3 is 0 Å². The minimum Gasteiger partial charge on any atom is -0.292 e. The largest absolute Gasteiger partial charge is 0.292 e.